The van der Waals surface area contributed by atoms with Crippen LogP contribution in [0.2, 0.25) is 0 Å². The highest BCUT2D eigenvalue weighted by Crippen LogP contribution is 2.23. The first-order valence-electron chi connectivity index (χ1n) is 9.25. The minimum Gasteiger partial charge on any atom is -0.357 e. The monoisotopic (exact) mass is 516 g/mol. The number of rotatable bonds is 6. The molecule has 0 aliphatic carbocycles. The normalized spacial score (nSPS) is 13.5. The van der Waals surface area contributed by atoms with E-state index in [1.807, 2.05) is 11.8 Å². The van der Waals surface area contributed by atoms with E-state index in [0.29, 0.717) is 19.0 Å². The smallest absolute Gasteiger partial charge is 0.244 e. The van der Waals surface area contributed by atoms with Crippen LogP contribution in [0.15, 0.2) is 40.7 Å². The molecule has 0 spiro atoms. The zero-order valence-corrected chi connectivity index (χ0v) is 19.1. The van der Waals surface area contributed by atoms with E-state index in [0.717, 1.165) is 31.5 Å². The molecule has 1 aliphatic heterocycles. The Morgan fingerprint density at radius 1 is 1.25 bits per heavy atom. The third-order valence-electron chi connectivity index (χ3n) is 4.50. The molecular formula is C20H26FIN4OS. The van der Waals surface area contributed by atoms with Gasteiger partial charge in [-0.1, -0.05) is 12.1 Å². The average Bonchev–Trinajstić information content (AvgIpc) is 3.15. The topological polar surface area (TPSA) is 56.7 Å². The number of thiophene rings is 1. The Hall–Kier alpha value is -1.68. The molecule has 2 heterocycles. The standard InChI is InChI=1S/C20H25FN4OS.HI/c1-2-22-20(23-10-7-15-3-5-17(21)6-4-15)24-13-19(26)25-11-8-18-16(14-25)9-12-27-18;/h3-6,9,12H,2,7-8,10-11,13-14H2,1H3,(H2,22,23,24);1H. The molecule has 1 aromatic heterocycles. The van der Waals surface area contributed by atoms with Crippen LogP contribution >= 0.6 is 35.3 Å². The quantitative estimate of drug-likeness (QED) is 0.353. The Labute approximate surface area is 186 Å². The van der Waals surface area contributed by atoms with Crippen LogP contribution in [-0.4, -0.2) is 42.9 Å². The maximum Gasteiger partial charge on any atom is 0.244 e. The number of hydrogen-bond donors (Lipinski definition) is 2. The minimum atomic E-state index is -0.229. The lowest BCUT2D eigenvalue weighted by Crippen LogP contribution is -2.40. The van der Waals surface area contributed by atoms with Gasteiger partial charge < -0.3 is 15.5 Å². The molecular weight excluding hydrogens is 490 g/mol. The van der Waals surface area contributed by atoms with Crippen LogP contribution in [-0.2, 0) is 24.2 Å². The van der Waals surface area contributed by atoms with Crippen molar-refractivity contribution < 1.29 is 9.18 Å². The van der Waals surface area contributed by atoms with Crippen LogP contribution in [0.5, 0.6) is 0 Å². The van der Waals surface area contributed by atoms with Crippen molar-refractivity contribution in [1.29, 1.82) is 0 Å². The van der Waals surface area contributed by atoms with E-state index < -0.39 is 0 Å². The number of guanidine groups is 1. The third-order valence-corrected chi connectivity index (χ3v) is 5.52. The lowest BCUT2D eigenvalue weighted by Gasteiger charge is -2.26. The number of carbonyl (C=O) groups is 1. The van der Waals surface area contributed by atoms with E-state index in [2.05, 4.69) is 27.1 Å². The van der Waals surface area contributed by atoms with Gasteiger partial charge in [-0.25, -0.2) is 9.38 Å². The zero-order valence-electron chi connectivity index (χ0n) is 15.9. The van der Waals surface area contributed by atoms with Crippen molar-refractivity contribution >= 4 is 47.2 Å². The predicted molar refractivity (Wildman–Crippen MR) is 123 cm³/mol. The molecule has 5 nitrogen and oxygen atoms in total. The van der Waals surface area contributed by atoms with Crippen molar-refractivity contribution in [1.82, 2.24) is 15.5 Å². The molecule has 1 aliphatic rings. The van der Waals surface area contributed by atoms with E-state index in [9.17, 15) is 9.18 Å². The van der Waals surface area contributed by atoms with Gasteiger partial charge in [-0.15, -0.1) is 35.3 Å². The number of halogens is 2. The van der Waals surface area contributed by atoms with Gasteiger partial charge in [0.15, 0.2) is 5.96 Å². The number of fused-ring (bicyclic) bond motifs is 1. The summed E-state index contributed by atoms with van der Waals surface area (Å²) in [5, 5.41) is 8.48. The molecule has 0 saturated carbocycles. The van der Waals surface area contributed by atoms with Gasteiger partial charge in [-0.3, -0.25) is 4.79 Å². The van der Waals surface area contributed by atoms with Gasteiger partial charge >= 0.3 is 0 Å². The molecule has 0 bridgehead atoms. The molecule has 2 aromatic rings. The lowest BCUT2D eigenvalue weighted by molar-refractivity contribution is -0.130. The van der Waals surface area contributed by atoms with Crippen LogP contribution < -0.4 is 10.6 Å². The Bertz CT molecular complexity index is 794. The van der Waals surface area contributed by atoms with Gasteiger partial charge in [-0.05, 0) is 54.5 Å². The van der Waals surface area contributed by atoms with Gasteiger partial charge in [0.25, 0.3) is 0 Å². The van der Waals surface area contributed by atoms with Crippen LogP contribution in [0.4, 0.5) is 4.39 Å². The summed E-state index contributed by atoms with van der Waals surface area (Å²) in [4.78, 5) is 20.2. The Balaban J connectivity index is 0.00000280. The molecule has 1 amide bonds. The number of nitrogens with zero attached hydrogens (tertiary/aromatic N) is 2. The number of hydrogen-bond acceptors (Lipinski definition) is 3. The third kappa shape index (κ3) is 6.44. The first-order valence-corrected chi connectivity index (χ1v) is 10.1. The summed E-state index contributed by atoms with van der Waals surface area (Å²) in [5.74, 6) is 0.441. The molecule has 0 fully saturated rings. The highest BCUT2D eigenvalue weighted by atomic mass is 127. The molecule has 3 rings (SSSR count). The zero-order chi connectivity index (χ0) is 19.1. The fraction of sp³-hybridized carbons (Fsp3) is 0.400. The van der Waals surface area contributed by atoms with Crippen LogP contribution in [0.25, 0.3) is 0 Å². The van der Waals surface area contributed by atoms with E-state index in [1.165, 1.54) is 22.6 Å². The molecule has 0 unspecified atom stereocenters. The molecule has 0 saturated heterocycles. The summed E-state index contributed by atoms with van der Waals surface area (Å²) in [7, 11) is 0. The first-order chi connectivity index (χ1) is 13.2. The molecule has 2 N–H and O–H groups in total. The summed E-state index contributed by atoms with van der Waals surface area (Å²) in [5.41, 5.74) is 2.31. The van der Waals surface area contributed by atoms with Crippen LogP contribution in [0.1, 0.15) is 22.9 Å². The summed E-state index contributed by atoms with van der Waals surface area (Å²) in [6.45, 7) is 4.94. The van der Waals surface area contributed by atoms with Crippen LogP contribution in [0, 0.1) is 5.82 Å². The molecule has 28 heavy (non-hydrogen) atoms. The van der Waals surface area contributed by atoms with E-state index in [1.54, 1.807) is 23.5 Å². The summed E-state index contributed by atoms with van der Waals surface area (Å²) in [6.07, 6.45) is 1.68. The minimum absolute atomic E-state index is 0. The van der Waals surface area contributed by atoms with E-state index >= 15 is 0 Å². The second-order valence-electron chi connectivity index (χ2n) is 6.43. The number of amides is 1. The van der Waals surface area contributed by atoms with Crippen molar-refractivity contribution in [3.8, 4) is 0 Å². The average molecular weight is 516 g/mol. The summed E-state index contributed by atoms with van der Waals surface area (Å²) < 4.78 is 13.0. The molecule has 8 heteroatoms. The first kappa shape index (κ1) is 22.6. The predicted octanol–water partition coefficient (Wildman–Crippen LogP) is 3.19. The highest BCUT2D eigenvalue weighted by Gasteiger charge is 2.21. The van der Waals surface area contributed by atoms with E-state index in [-0.39, 0.29) is 42.2 Å². The Morgan fingerprint density at radius 3 is 2.79 bits per heavy atom. The molecule has 0 atom stereocenters. The maximum atomic E-state index is 13.0. The summed E-state index contributed by atoms with van der Waals surface area (Å²) >= 11 is 1.77. The summed E-state index contributed by atoms with van der Waals surface area (Å²) in [6, 6.07) is 8.58. The van der Waals surface area contributed by atoms with Crippen molar-refractivity contribution in [3.05, 3.63) is 57.5 Å². The van der Waals surface area contributed by atoms with Gasteiger partial charge in [0.2, 0.25) is 5.91 Å². The van der Waals surface area contributed by atoms with Gasteiger partial charge in [0.1, 0.15) is 12.4 Å². The largest absolute Gasteiger partial charge is 0.357 e. The Kier molecular flexibility index (Phi) is 9.17. The van der Waals surface area contributed by atoms with Gasteiger partial charge in [0.05, 0.1) is 0 Å². The van der Waals surface area contributed by atoms with Crippen molar-refractivity contribution in [3.63, 3.8) is 0 Å². The number of aliphatic imine (C=N–C) groups is 1. The SMILES string of the molecule is CCNC(=NCC(=O)N1CCc2sccc2C1)NCCc1ccc(F)cc1.I. The fourth-order valence-electron chi connectivity index (χ4n) is 3.03. The second kappa shape index (κ2) is 11.4. The van der Waals surface area contributed by atoms with Gasteiger partial charge in [0, 0.05) is 31.1 Å². The van der Waals surface area contributed by atoms with Crippen molar-refractivity contribution in [2.75, 3.05) is 26.2 Å². The highest BCUT2D eigenvalue weighted by molar-refractivity contribution is 14.0. The van der Waals surface area contributed by atoms with Crippen molar-refractivity contribution in [2.24, 2.45) is 4.99 Å². The van der Waals surface area contributed by atoms with Crippen molar-refractivity contribution in [2.45, 2.75) is 26.3 Å². The second-order valence-corrected chi connectivity index (χ2v) is 7.43. The maximum absolute atomic E-state index is 13.0. The van der Waals surface area contributed by atoms with Gasteiger partial charge in [-0.2, -0.15) is 0 Å². The Morgan fingerprint density at radius 2 is 2.04 bits per heavy atom. The lowest BCUT2D eigenvalue weighted by atomic mass is 10.1. The number of carbonyl (C=O) groups excluding carboxylic acids is 1. The van der Waals surface area contributed by atoms with E-state index in [4.69, 9.17) is 0 Å². The molecule has 0 radical (unpaired) electrons. The van der Waals surface area contributed by atoms with Crippen LogP contribution in [0.3, 0.4) is 0 Å². The molecule has 152 valence electrons. The number of nitrogens with one attached hydrogen (secondary N) is 2. The fourth-order valence-corrected chi connectivity index (χ4v) is 3.92. The molecule has 1 aromatic carbocycles. The number of benzene rings is 1.